The summed E-state index contributed by atoms with van der Waals surface area (Å²) in [7, 11) is 10.8. The lowest BCUT2D eigenvalue weighted by Gasteiger charge is -2.21. The summed E-state index contributed by atoms with van der Waals surface area (Å²) in [6, 6.07) is 0. The van der Waals surface area contributed by atoms with Crippen molar-refractivity contribution in [3.05, 3.63) is 0 Å². The molecule has 7 heteroatoms. The molecule has 0 spiro atoms. The molecule has 216 valence electrons. The normalized spacial score (nSPS) is 25.2. The van der Waals surface area contributed by atoms with Gasteiger partial charge in [-0.1, -0.05) is 19.3 Å². The Bertz CT molecular complexity index is 403. The lowest BCUT2D eigenvalue weighted by Crippen LogP contribution is -2.28. The number of likely N-dealkylation sites (N-methyl/N-ethyl adjacent to an activating group) is 1. The summed E-state index contributed by atoms with van der Waals surface area (Å²) < 4.78 is 10.3. The van der Waals surface area contributed by atoms with Gasteiger partial charge in [0.05, 0.1) is 13.3 Å². The van der Waals surface area contributed by atoms with Gasteiger partial charge in [0, 0.05) is 32.8 Å². The minimum Gasteiger partial charge on any atom is -0.380 e. The Hall–Kier alpha value is -0.280. The van der Waals surface area contributed by atoms with Crippen molar-refractivity contribution in [1.29, 1.82) is 0 Å². The number of hydrogen-bond acceptors (Lipinski definition) is 7. The van der Waals surface area contributed by atoms with Crippen LogP contribution in [0.3, 0.4) is 0 Å². The molecule has 5 rings (SSSR count). The highest BCUT2D eigenvalue weighted by Gasteiger charge is 2.05. The van der Waals surface area contributed by atoms with E-state index in [-0.39, 0.29) is 0 Å². The first kappa shape index (κ1) is 33.7. The fourth-order valence-corrected chi connectivity index (χ4v) is 4.75. The molecular formula is C29H63N5O2. The third kappa shape index (κ3) is 21.8. The van der Waals surface area contributed by atoms with E-state index in [9.17, 15) is 0 Å². The van der Waals surface area contributed by atoms with Gasteiger partial charge in [0.1, 0.15) is 0 Å². The first-order chi connectivity index (χ1) is 17.5. The Morgan fingerprint density at radius 3 is 1.03 bits per heavy atom. The predicted molar refractivity (Wildman–Crippen MR) is 155 cm³/mol. The molecule has 5 heterocycles. The van der Waals surface area contributed by atoms with E-state index in [0.717, 1.165) is 33.1 Å². The molecule has 0 aliphatic carbocycles. The topological polar surface area (TPSA) is 34.7 Å². The van der Waals surface area contributed by atoms with Crippen molar-refractivity contribution in [2.24, 2.45) is 0 Å². The van der Waals surface area contributed by atoms with Gasteiger partial charge in [-0.2, -0.15) is 0 Å². The lowest BCUT2D eigenvalue weighted by molar-refractivity contribution is 0.00118. The zero-order chi connectivity index (χ0) is 26.3. The molecule has 0 atom stereocenters. The van der Waals surface area contributed by atoms with Crippen LogP contribution in [0.5, 0.6) is 0 Å². The quantitative estimate of drug-likeness (QED) is 0.485. The molecule has 0 aromatic rings. The smallest absolute Gasteiger partial charge is 0.0987 e. The summed E-state index contributed by atoms with van der Waals surface area (Å²) >= 11 is 0. The van der Waals surface area contributed by atoms with Crippen molar-refractivity contribution in [3.8, 4) is 0 Å². The van der Waals surface area contributed by atoms with Crippen LogP contribution in [-0.4, -0.2) is 145 Å². The minimum atomic E-state index is 0.819. The summed E-state index contributed by atoms with van der Waals surface area (Å²) in [6.45, 7) is 15.0. The molecule has 0 unspecified atom stereocenters. The second kappa shape index (κ2) is 23.8. The van der Waals surface area contributed by atoms with Crippen molar-refractivity contribution >= 4 is 0 Å². The first-order valence-electron chi connectivity index (χ1n) is 15.1. The summed E-state index contributed by atoms with van der Waals surface area (Å²) in [5, 5.41) is 0. The highest BCUT2D eigenvalue weighted by Crippen LogP contribution is 2.07. The SMILES string of the molecule is CN1CCCC1.CN1CCCCC1.CN1CCCCCC1.CN1CCCOC1.CN1CCCOCC1. The van der Waals surface area contributed by atoms with Crippen LogP contribution in [0.25, 0.3) is 0 Å². The van der Waals surface area contributed by atoms with Gasteiger partial charge in [0.15, 0.2) is 0 Å². The van der Waals surface area contributed by atoms with Gasteiger partial charge in [-0.3, -0.25) is 4.90 Å². The molecular weight excluding hydrogens is 450 g/mol. The maximum absolute atomic E-state index is 5.22. The van der Waals surface area contributed by atoms with Crippen LogP contribution in [0, 0.1) is 0 Å². The third-order valence-electron chi connectivity index (χ3n) is 7.33. The highest BCUT2D eigenvalue weighted by atomic mass is 16.5. The van der Waals surface area contributed by atoms with E-state index in [1.807, 2.05) is 0 Å². The Labute approximate surface area is 225 Å². The largest absolute Gasteiger partial charge is 0.380 e. The first-order valence-corrected chi connectivity index (χ1v) is 15.1. The van der Waals surface area contributed by atoms with E-state index in [1.165, 1.54) is 123 Å². The van der Waals surface area contributed by atoms with E-state index in [2.05, 4.69) is 59.7 Å². The van der Waals surface area contributed by atoms with E-state index in [0.29, 0.717) is 0 Å². The second-order valence-corrected chi connectivity index (χ2v) is 11.3. The van der Waals surface area contributed by atoms with Crippen LogP contribution >= 0.6 is 0 Å². The van der Waals surface area contributed by atoms with Gasteiger partial charge < -0.3 is 29.1 Å². The molecule has 0 radical (unpaired) electrons. The average molecular weight is 514 g/mol. The zero-order valence-corrected chi connectivity index (χ0v) is 25.0. The number of nitrogens with zero attached hydrogens (tertiary/aromatic N) is 5. The van der Waals surface area contributed by atoms with E-state index >= 15 is 0 Å². The predicted octanol–water partition coefficient (Wildman–Crippen LogP) is 3.94. The van der Waals surface area contributed by atoms with Crippen molar-refractivity contribution in [3.63, 3.8) is 0 Å². The van der Waals surface area contributed by atoms with Crippen LogP contribution in [0.1, 0.15) is 70.6 Å². The maximum Gasteiger partial charge on any atom is 0.0987 e. The number of hydrogen-bond donors (Lipinski definition) is 0. The van der Waals surface area contributed by atoms with Gasteiger partial charge in [0.2, 0.25) is 0 Å². The summed E-state index contributed by atoms with van der Waals surface area (Å²) in [5.41, 5.74) is 0. The number of ether oxygens (including phenoxy) is 2. The van der Waals surface area contributed by atoms with Gasteiger partial charge in [-0.05, 0) is 126 Å². The van der Waals surface area contributed by atoms with Crippen LogP contribution < -0.4 is 0 Å². The highest BCUT2D eigenvalue weighted by molar-refractivity contribution is 4.60. The molecule has 7 nitrogen and oxygen atoms in total. The fourth-order valence-electron chi connectivity index (χ4n) is 4.75. The van der Waals surface area contributed by atoms with E-state index in [1.54, 1.807) is 0 Å². The van der Waals surface area contributed by atoms with Gasteiger partial charge in [-0.15, -0.1) is 0 Å². The molecule has 5 aliphatic heterocycles. The van der Waals surface area contributed by atoms with Crippen LogP contribution in [0.15, 0.2) is 0 Å². The van der Waals surface area contributed by atoms with E-state index in [4.69, 9.17) is 9.47 Å². The van der Waals surface area contributed by atoms with Gasteiger partial charge >= 0.3 is 0 Å². The Kier molecular flexibility index (Phi) is 22.3. The number of rotatable bonds is 0. The monoisotopic (exact) mass is 513 g/mol. The number of piperidine rings is 1. The summed E-state index contributed by atoms with van der Waals surface area (Å²) in [4.78, 5) is 11.6. The Balaban J connectivity index is 0.000000226. The maximum atomic E-state index is 5.22. The third-order valence-corrected chi connectivity index (χ3v) is 7.33. The molecule has 0 saturated carbocycles. The molecule has 5 fully saturated rings. The Morgan fingerprint density at radius 1 is 0.306 bits per heavy atom. The summed E-state index contributed by atoms with van der Waals surface area (Å²) in [5.74, 6) is 0. The zero-order valence-electron chi connectivity index (χ0n) is 25.0. The molecule has 5 saturated heterocycles. The number of likely N-dealkylation sites (tertiary alicyclic amines) is 3. The molecule has 0 aromatic heterocycles. The van der Waals surface area contributed by atoms with Crippen LogP contribution in [0.4, 0.5) is 0 Å². The molecule has 0 amide bonds. The van der Waals surface area contributed by atoms with Crippen LogP contribution in [-0.2, 0) is 9.47 Å². The average Bonchev–Trinajstić information content (AvgIpc) is 3.07. The summed E-state index contributed by atoms with van der Waals surface area (Å²) in [6.07, 6.45) is 15.2. The minimum absolute atomic E-state index is 0.819. The molecule has 0 N–H and O–H groups in total. The van der Waals surface area contributed by atoms with Gasteiger partial charge in [-0.25, -0.2) is 0 Å². The molecule has 0 aromatic carbocycles. The lowest BCUT2D eigenvalue weighted by atomic mass is 10.1. The van der Waals surface area contributed by atoms with Crippen molar-refractivity contribution in [1.82, 2.24) is 24.5 Å². The molecule has 5 aliphatic rings. The van der Waals surface area contributed by atoms with Crippen molar-refractivity contribution in [2.75, 3.05) is 121 Å². The standard InChI is InChI=1S/C7H15N.C6H13NO.C6H13N.C5H11NO.C5H11N/c1-8-6-4-2-3-5-7-8;1-7-3-2-5-8-6-4-7;1-7-5-3-2-4-6-7;1-6-3-2-4-7-5-6;1-6-4-2-3-5-6/h2-7H2,1H3;2-6H2,1H3;2-6H2,1H3;2-5H2,1H3;2-5H2,1H3. The Morgan fingerprint density at radius 2 is 0.639 bits per heavy atom. The fraction of sp³-hybridized carbons (Fsp3) is 1.00. The molecule has 36 heavy (non-hydrogen) atoms. The van der Waals surface area contributed by atoms with Crippen molar-refractivity contribution < 1.29 is 9.47 Å². The second-order valence-electron chi connectivity index (χ2n) is 11.3. The molecule has 0 bridgehead atoms. The van der Waals surface area contributed by atoms with Crippen molar-refractivity contribution in [2.45, 2.75) is 70.6 Å². The van der Waals surface area contributed by atoms with E-state index < -0.39 is 0 Å². The van der Waals surface area contributed by atoms with Gasteiger partial charge in [0.25, 0.3) is 0 Å². The van der Waals surface area contributed by atoms with Crippen LogP contribution in [0.2, 0.25) is 0 Å².